The lowest BCUT2D eigenvalue weighted by atomic mass is 10.0. The van der Waals surface area contributed by atoms with Crippen LogP contribution in [0.4, 0.5) is 4.39 Å². The molecule has 1 aliphatic rings. The fourth-order valence-corrected chi connectivity index (χ4v) is 3.64. The molecule has 1 amide bonds. The Morgan fingerprint density at radius 3 is 2.52 bits per heavy atom. The van der Waals surface area contributed by atoms with Crippen molar-refractivity contribution in [2.45, 2.75) is 25.3 Å². The molecular formula is C20H22ClFN2O. The molecule has 3 rings (SSSR count). The predicted octanol–water partition coefficient (Wildman–Crippen LogP) is 3.97. The van der Waals surface area contributed by atoms with E-state index in [1.54, 1.807) is 12.1 Å². The predicted molar refractivity (Wildman–Crippen MR) is 98.1 cm³/mol. The number of hydrogen-bond donors (Lipinski definition) is 1. The highest BCUT2D eigenvalue weighted by Gasteiger charge is 2.28. The van der Waals surface area contributed by atoms with Crippen molar-refractivity contribution in [1.29, 1.82) is 0 Å². The van der Waals surface area contributed by atoms with Crippen molar-refractivity contribution in [2.24, 2.45) is 0 Å². The Labute approximate surface area is 152 Å². The minimum absolute atomic E-state index is 0.0668. The molecule has 1 unspecified atom stereocenters. The van der Waals surface area contributed by atoms with Crippen molar-refractivity contribution in [1.82, 2.24) is 10.2 Å². The number of carbonyl (C=O) groups is 1. The minimum Gasteiger partial charge on any atom is -0.354 e. The highest BCUT2D eigenvalue weighted by molar-refractivity contribution is 6.31. The zero-order valence-electron chi connectivity index (χ0n) is 14.1. The van der Waals surface area contributed by atoms with E-state index < -0.39 is 0 Å². The van der Waals surface area contributed by atoms with E-state index in [1.165, 1.54) is 6.07 Å². The van der Waals surface area contributed by atoms with Crippen LogP contribution in [0.1, 0.15) is 30.0 Å². The van der Waals surface area contributed by atoms with Crippen LogP contribution in [0.5, 0.6) is 0 Å². The molecular weight excluding hydrogens is 339 g/mol. The summed E-state index contributed by atoms with van der Waals surface area (Å²) < 4.78 is 14.4. The summed E-state index contributed by atoms with van der Waals surface area (Å²) in [5.74, 6) is -0.385. The third kappa shape index (κ3) is 4.59. The molecule has 25 heavy (non-hydrogen) atoms. The second-order valence-corrected chi connectivity index (χ2v) is 6.77. The van der Waals surface area contributed by atoms with Gasteiger partial charge in [-0.2, -0.15) is 0 Å². The van der Waals surface area contributed by atoms with E-state index in [0.717, 1.165) is 31.5 Å². The summed E-state index contributed by atoms with van der Waals surface area (Å²) >= 11 is 6.27. The van der Waals surface area contributed by atoms with Crippen molar-refractivity contribution in [3.63, 3.8) is 0 Å². The summed E-state index contributed by atoms with van der Waals surface area (Å²) in [5.41, 5.74) is 1.44. The van der Waals surface area contributed by atoms with Crippen LogP contribution in [0.25, 0.3) is 0 Å². The van der Waals surface area contributed by atoms with Crippen LogP contribution in [0, 0.1) is 5.82 Å². The Balaban J connectivity index is 1.71. The van der Waals surface area contributed by atoms with E-state index in [4.69, 9.17) is 11.6 Å². The molecule has 0 aliphatic carbocycles. The van der Waals surface area contributed by atoms with Gasteiger partial charge in [-0.25, -0.2) is 4.39 Å². The molecule has 1 atom stereocenters. The highest BCUT2D eigenvalue weighted by atomic mass is 35.5. The summed E-state index contributed by atoms with van der Waals surface area (Å²) in [7, 11) is 0. The van der Waals surface area contributed by atoms with Gasteiger partial charge >= 0.3 is 0 Å². The zero-order chi connectivity index (χ0) is 17.6. The number of amides is 1. The fourth-order valence-electron chi connectivity index (χ4n) is 3.35. The van der Waals surface area contributed by atoms with Gasteiger partial charge in [0.05, 0.1) is 12.5 Å². The van der Waals surface area contributed by atoms with Gasteiger partial charge in [0.2, 0.25) is 5.91 Å². The first-order valence-electron chi connectivity index (χ1n) is 8.64. The Kier molecular flexibility index (Phi) is 6.05. The molecule has 1 fully saturated rings. The standard InChI is InChI=1S/C20H22ClFN2O/c21-16-9-6-10-17(22)20(16)18(24-11-4-5-12-24)14-23-19(25)13-15-7-2-1-3-8-15/h1-3,6-10,18H,4-5,11-14H2,(H,23,25). The number of nitrogens with zero attached hydrogens (tertiary/aromatic N) is 1. The van der Waals surface area contributed by atoms with Crippen LogP contribution in [0.15, 0.2) is 48.5 Å². The molecule has 5 heteroatoms. The van der Waals surface area contributed by atoms with Crippen LogP contribution < -0.4 is 5.32 Å². The van der Waals surface area contributed by atoms with Crippen molar-refractivity contribution >= 4 is 17.5 Å². The summed E-state index contributed by atoms with van der Waals surface area (Å²) in [6.45, 7) is 2.14. The second kappa shape index (κ2) is 8.45. The molecule has 0 aromatic heterocycles. The van der Waals surface area contributed by atoms with Crippen LogP contribution >= 0.6 is 11.6 Å². The molecule has 0 spiro atoms. The fraction of sp³-hybridized carbons (Fsp3) is 0.350. The third-order valence-electron chi connectivity index (χ3n) is 4.61. The van der Waals surface area contributed by atoms with Gasteiger partial charge in [0.15, 0.2) is 0 Å². The molecule has 132 valence electrons. The summed E-state index contributed by atoms with van der Waals surface area (Å²) in [6.07, 6.45) is 2.49. The first-order valence-corrected chi connectivity index (χ1v) is 9.01. The maximum atomic E-state index is 14.4. The van der Waals surface area contributed by atoms with Crippen LogP contribution in [-0.2, 0) is 11.2 Å². The highest BCUT2D eigenvalue weighted by Crippen LogP contribution is 2.31. The maximum absolute atomic E-state index is 14.4. The Hall–Kier alpha value is -1.91. The lowest BCUT2D eigenvalue weighted by molar-refractivity contribution is -0.120. The van der Waals surface area contributed by atoms with Gasteiger partial charge in [-0.3, -0.25) is 9.69 Å². The number of carbonyl (C=O) groups excluding carboxylic acids is 1. The first kappa shape index (κ1) is 17.9. The summed E-state index contributed by atoms with van der Waals surface area (Å²) in [5, 5.41) is 3.37. The molecule has 2 aromatic carbocycles. The number of hydrogen-bond acceptors (Lipinski definition) is 2. The van der Waals surface area contributed by atoms with Gasteiger partial charge in [-0.1, -0.05) is 48.0 Å². The first-order chi connectivity index (χ1) is 12.1. The van der Waals surface area contributed by atoms with Gasteiger partial charge in [0, 0.05) is 17.1 Å². The topological polar surface area (TPSA) is 32.3 Å². The molecule has 3 nitrogen and oxygen atoms in total. The van der Waals surface area contributed by atoms with Crippen molar-refractivity contribution in [3.05, 3.63) is 70.5 Å². The molecule has 0 bridgehead atoms. The molecule has 2 aromatic rings. The monoisotopic (exact) mass is 360 g/mol. The SMILES string of the molecule is O=C(Cc1ccccc1)NCC(c1c(F)cccc1Cl)N1CCCC1. The average molecular weight is 361 g/mol. The normalized spacial score (nSPS) is 15.9. The van der Waals surface area contributed by atoms with Gasteiger partial charge < -0.3 is 5.32 Å². The quantitative estimate of drug-likeness (QED) is 0.845. The second-order valence-electron chi connectivity index (χ2n) is 6.36. The molecule has 1 heterocycles. The van der Waals surface area contributed by atoms with E-state index in [1.807, 2.05) is 30.3 Å². The Morgan fingerprint density at radius 1 is 1.12 bits per heavy atom. The lowest BCUT2D eigenvalue weighted by Crippen LogP contribution is -2.38. The number of nitrogens with one attached hydrogen (secondary N) is 1. The number of likely N-dealkylation sites (tertiary alicyclic amines) is 1. The lowest BCUT2D eigenvalue weighted by Gasteiger charge is -2.29. The van der Waals surface area contributed by atoms with Crippen LogP contribution in [-0.4, -0.2) is 30.4 Å². The van der Waals surface area contributed by atoms with Gasteiger partial charge in [-0.15, -0.1) is 0 Å². The van der Waals surface area contributed by atoms with E-state index >= 15 is 0 Å². The van der Waals surface area contributed by atoms with E-state index in [9.17, 15) is 9.18 Å². The molecule has 1 saturated heterocycles. The van der Waals surface area contributed by atoms with E-state index in [2.05, 4.69) is 10.2 Å². The van der Waals surface area contributed by atoms with Crippen molar-refractivity contribution < 1.29 is 9.18 Å². The summed E-state index contributed by atoms with van der Waals surface area (Å²) in [4.78, 5) is 14.5. The van der Waals surface area contributed by atoms with Crippen molar-refractivity contribution in [3.8, 4) is 0 Å². The molecule has 1 aliphatic heterocycles. The van der Waals surface area contributed by atoms with Crippen molar-refractivity contribution in [2.75, 3.05) is 19.6 Å². The van der Waals surface area contributed by atoms with Gasteiger partial charge in [0.25, 0.3) is 0 Å². The van der Waals surface area contributed by atoms with E-state index in [0.29, 0.717) is 23.6 Å². The number of benzene rings is 2. The Bertz CT molecular complexity index is 697. The third-order valence-corrected chi connectivity index (χ3v) is 4.94. The number of rotatable bonds is 6. The Morgan fingerprint density at radius 2 is 1.84 bits per heavy atom. The van der Waals surface area contributed by atoms with Gasteiger partial charge in [0.1, 0.15) is 5.82 Å². The van der Waals surface area contributed by atoms with Gasteiger partial charge in [-0.05, 0) is 43.6 Å². The molecule has 0 saturated carbocycles. The minimum atomic E-state index is -0.318. The molecule has 0 radical (unpaired) electrons. The van der Waals surface area contributed by atoms with E-state index in [-0.39, 0.29) is 17.8 Å². The van der Waals surface area contributed by atoms with Crippen LogP contribution in [0.2, 0.25) is 5.02 Å². The largest absolute Gasteiger partial charge is 0.354 e. The maximum Gasteiger partial charge on any atom is 0.224 e. The summed E-state index contributed by atoms with van der Waals surface area (Å²) in [6, 6.07) is 14.1. The average Bonchev–Trinajstić information content (AvgIpc) is 3.12. The zero-order valence-corrected chi connectivity index (χ0v) is 14.8. The van der Waals surface area contributed by atoms with Crippen LogP contribution in [0.3, 0.4) is 0 Å². The number of halogens is 2. The molecule has 1 N–H and O–H groups in total. The smallest absolute Gasteiger partial charge is 0.224 e.